The lowest BCUT2D eigenvalue weighted by Crippen LogP contribution is -2.28. The Morgan fingerprint density at radius 1 is 1.12 bits per heavy atom. The highest BCUT2D eigenvalue weighted by Gasteiger charge is 2.34. The molecule has 1 heterocycles. The average Bonchev–Trinajstić information content (AvgIpc) is 2.98. The molecule has 1 atom stereocenters. The highest BCUT2D eigenvalue weighted by Crippen LogP contribution is 2.23. The van der Waals surface area contributed by atoms with Crippen molar-refractivity contribution in [2.24, 2.45) is 5.92 Å². The Balaban J connectivity index is 1.61. The van der Waals surface area contributed by atoms with E-state index in [0.717, 1.165) is 11.1 Å². The van der Waals surface area contributed by atoms with Gasteiger partial charge in [-0.2, -0.15) is 0 Å². The fourth-order valence-corrected chi connectivity index (χ4v) is 3.13. The monoisotopic (exact) mass is 350 g/mol. The molecule has 134 valence electrons. The SMILES string of the molecule is CC(=O)c1ccc(NC(=O)C2CC(=O)N(Cc3ccccc3C)C2)cc1. The van der Waals surface area contributed by atoms with E-state index in [2.05, 4.69) is 5.32 Å². The Kier molecular flexibility index (Phi) is 5.16. The van der Waals surface area contributed by atoms with Gasteiger partial charge in [-0.25, -0.2) is 0 Å². The van der Waals surface area contributed by atoms with E-state index in [0.29, 0.717) is 24.3 Å². The molecule has 3 rings (SSSR count). The Morgan fingerprint density at radius 3 is 2.46 bits per heavy atom. The van der Waals surface area contributed by atoms with Crippen LogP contribution < -0.4 is 5.32 Å². The largest absolute Gasteiger partial charge is 0.338 e. The normalized spacial score (nSPS) is 16.6. The van der Waals surface area contributed by atoms with Crippen molar-refractivity contribution in [2.45, 2.75) is 26.8 Å². The van der Waals surface area contributed by atoms with E-state index in [1.54, 1.807) is 29.2 Å². The van der Waals surface area contributed by atoms with Gasteiger partial charge in [-0.05, 0) is 49.2 Å². The fourth-order valence-electron chi connectivity index (χ4n) is 3.13. The Hall–Kier alpha value is -2.95. The molecule has 1 fully saturated rings. The van der Waals surface area contributed by atoms with Crippen LogP contribution in [0.3, 0.4) is 0 Å². The summed E-state index contributed by atoms with van der Waals surface area (Å²) in [6, 6.07) is 14.7. The minimum absolute atomic E-state index is 0.000306. The standard InChI is InChI=1S/C21H22N2O3/c1-14-5-3-4-6-17(14)12-23-13-18(11-20(23)25)21(26)22-19-9-7-16(8-10-19)15(2)24/h3-10,18H,11-13H2,1-2H3,(H,22,26). The molecule has 2 aromatic rings. The lowest BCUT2D eigenvalue weighted by atomic mass is 10.1. The number of amides is 2. The molecule has 2 amide bonds. The minimum Gasteiger partial charge on any atom is -0.338 e. The predicted molar refractivity (Wildman–Crippen MR) is 99.8 cm³/mol. The van der Waals surface area contributed by atoms with Crippen LogP contribution in [0, 0.1) is 12.8 Å². The van der Waals surface area contributed by atoms with Crippen LogP contribution in [0.4, 0.5) is 5.69 Å². The van der Waals surface area contributed by atoms with Gasteiger partial charge in [0.25, 0.3) is 0 Å². The van der Waals surface area contributed by atoms with E-state index in [9.17, 15) is 14.4 Å². The number of anilines is 1. The summed E-state index contributed by atoms with van der Waals surface area (Å²) in [5.74, 6) is -0.545. The Labute approximate surface area is 153 Å². The van der Waals surface area contributed by atoms with Crippen LogP contribution in [0.2, 0.25) is 0 Å². The van der Waals surface area contributed by atoms with Crippen molar-refractivity contribution < 1.29 is 14.4 Å². The first kappa shape index (κ1) is 17.9. The van der Waals surface area contributed by atoms with Gasteiger partial charge in [0.1, 0.15) is 0 Å². The number of hydrogen-bond donors (Lipinski definition) is 1. The third kappa shape index (κ3) is 3.99. The molecule has 1 N–H and O–H groups in total. The van der Waals surface area contributed by atoms with Gasteiger partial charge in [0.2, 0.25) is 11.8 Å². The minimum atomic E-state index is -0.362. The number of nitrogens with one attached hydrogen (secondary N) is 1. The first-order valence-corrected chi connectivity index (χ1v) is 8.68. The number of benzene rings is 2. The zero-order chi connectivity index (χ0) is 18.7. The molecule has 5 heteroatoms. The number of nitrogens with zero attached hydrogens (tertiary/aromatic N) is 1. The first-order valence-electron chi connectivity index (χ1n) is 8.68. The lowest BCUT2D eigenvalue weighted by Gasteiger charge is -2.18. The van der Waals surface area contributed by atoms with Gasteiger partial charge in [0, 0.05) is 30.8 Å². The van der Waals surface area contributed by atoms with Gasteiger partial charge in [0.05, 0.1) is 5.92 Å². The molecular formula is C21H22N2O3. The number of aryl methyl sites for hydroxylation is 1. The summed E-state index contributed by atoms with van der Waals surface area (Å²) < 4.78 is 0. The van der Waals surface area contributed by atoms with Crippen molar-refractivity contribution in [1.82, 2.24) is 4.90 Å². The van der Waals surface area contributed by atoms with Crippen LogP contribution in [-0.4, -0.2) is 29.0 Å². The van der Waals surface area contributed by atoms with Crippen molar-refractivity contribution in [1.29, 1.82) is 0 Å². The number of rotatable bonds is 5. The van der Waals surface area contributed by atoms with Crippen molar-refractivity contribution in [3.05, 3.63) is 65.2 Å². The lowest BCUT2D eigenvalue weighted by molar-refractivity contribution is -0.128. The number of Topliss-reactive ketones (excluding diaryl/α,β-unsaturated/α-hetero) is 1. The average molecular weight is 350 g/mol. The molecule has 1 aliphatic heterocycles. The Morgan fingerprint density at radius 2 is 1.81 bits per heavy atom. The van der Waals surface area contributed by atoms with Crippen LogP contribution >= 0.6 is 0 Å². The molecule has 0 spiro atoms. The molecule has 0 aliphatic carbocycles. The van der Waals surface area contributed by atoms with E-state index in [1.165, 1.54) is 6.92 Å². The van der Waals surface area contributed by atoms with Crippen LogP contribution in [-0.2, 0) is 16.1 Å². The van der Waals surface area contributed by atoms with Crippen LogP contribution in [0.1, 0.15) is 34.8 Å². The van der Waals surface area contributed by atoms with Crippen molar-refractivity contribution in [2.75, 3.05) is 11.9 Å². The molecule has 26 heavy (non-hydrogen) atoms. The molecular weight excluding hydrogens is 328 g/mol. The summed E-state index contributed by atoms with van der Waals surface area (Å²) in [4.78, 5) is 37.8. The quantitative estimate of drug-likeness (QED) is 0.842. The van der Waals surface area contributed by atoms with Gasteiger partial charge in [0.15, 0.2) is 5.78 Å². The maximum absolute atomic E-state index is 12.5. The van der Waals surface area contributed by atoms with Crippen LogP contribution in [0.5, 0.6) is 0 Å². The summed E-state index contributed by atoms with van der Waals surface area (Å²) in [7, 11) is 0. The van der Waals surface area contributed by atoms with Crippen LogP contribution in [0.15, 0.2) is 48.5 Å². The molecule has 2 aromatic carbocycles. The maximum atomic E-state index is 12.5. The Bertz CT molecular complexity index is 843. The summed E-state index contributed by atoms with van der Waals surface area (Å²) in [6.45, 7) is 4.47. The molecule has 1 unspecified atom stereocenters. The summed E-state index contributed by atoms with van der Waals surface area (Å²) in [5, 5.41) is 2.84. The van der Waals surface area contributed by atoms with E-state index in [-0.39, 0.29) is 29.9 Å². The molecule has 0 aromatic heterocycles. The second-order valence-corrected chi connectivity index (χ2v) is 6.72. The third-order valence-corrected chi connectivity index (χ3v) is 4.77. The van der Waals surface area contributed by atoms with Crippen LogP contribution in [0.25, 0.3) is 0 Å². The summed E-state index contributed by atoms with van der Waals surface area (Å²) >= 11 is 0. The number of ketones is 1. The van der Waals surface area contributed by atoms with Gasteiger partial charge >= 0.3 is 0 Å². The number of carbonyl (C=O) groups is 3. The molecule has 0 radical (unpaired) electrons. The summed E-state index contributed by atoms with van der Waals surface area (Å²) in [5.41, 5.74) is 3.47. The maximum Gasteiger partial charge on any atom is 0.229 e. The molecule has 1 saturated heterocycles. The van der Waals surface area contributed by atoms with Gasteiger partial charge in [-0.3, -0.25) is 14.4 Å². The van der Waals surface area contributed by atoms with E-state index in [4.69, 9.17) is 0 Å². The second kappa shape index (κ2) is 7.52. The zero-order valence-electron chi connectivity index (χ0n) is 15.0. The van der Waals surface area contributed by atoms with Gasteiger partial charge in [-0.15, -0.1) is 0 Å². The second-order valence-electron chi connectivity index (χ2n) is 6.72. The first-order chi connectivity index (χ1) is 12.4. The van der Waals surface area contributed by atoms with E-state index < -0.39 is 0 Å². The zero-order valence-corrected chi connectivity index (χ0v) is 15.0. The van der Waals surface area contributed by atoms with Crippen molar-refractivity contribution >= 4 is 23.3 Å². The van der Waals surface area contributed by atoms with Gasteiger partial charge < -0.3 is 10.2 Å². The van der Waals surface area contributed by atoms with Crippen molar-refractivity contribution in [3.8, 4) is 0 Å². The fraction of sp³-hybridized carbons (Fsp3) is 0.286. The molecule has 5 nitrogen and oxygen atoms in total. The van der Waals surface area contributed by atoms with Gasteiger partial charge in [-0.1, -0.05) is 24.3 Å². The third-order valence-electron chi connectivity index (χ3n) is 4.77. The highest BCUT2D eigenvalue weighted by atomic mass is 16.2. The summed E-state index contributed by atoms with van der Waals surface area (Å²) in [6.07, 6.45) is 0.225. The highest BCUT2D eigenvalue weighted by molar-refractivity contribution is 5.98. The van der Waals surface area contributed by atoms with Crippen molar-refractivity contribution in [3.63, 3.8) is 0 Å². The molecule has 1 aliphatic rings. The number of carbonyl (C=O) groups excluding carboxylic acids is 3. The molecule has 0 saturated carbocycles. The number of hydrogen-bond acceptors (Lipinski definition) is 3. The topological polar surface area (TPSA) is 66.5 Å². The number of likely N-dealkylation sites (tertiary alicyclic amines) is 1. The van der Waals surface area contributed by atoms with E-state index >= 15 is 0 Å². The van der Waals surface area contributed by atoms with E-state index in [1.807, 2.05) is 31.2 Å². The predicted octanol–water partition coefficient (Wildman–Crippen LogP) is 3.18. The molecule has 0 bridgehead atoms. The smallest absolute Gasteiger partial charge is 0.229 e.